The summed E-state index contributed by atoms with van der Waals surface area (Å²) in [7, 11) is 0. The molecule has 3 heterocycles. The fourth-order valence-electron chi connectivity index (χ4n) is 1.89. The van der Waals surface area contributed by atoms with Crippen LogP contribution in [-0.2, 0) is 6.54 Å². The number of rotatable bonds is 6. The van der Waals surface area contributed by atoms with Crippen molar-refractivity contribution in [2.24, 2.45) is 0 Å². The minimum absolute atomic E-state index is 0.703. The number of hydrogen-bond acceptors (Lipinski definition) is 6. The van der Waals surface area contributed by atoms with Crippen LogP contribution in [0.2, 0.25) is 0 Å². The molecule has 3 aromatic rings. The summed E-state index contributed by atoms with van der Waals surface area (Å²) in [5, 5.41) is 14.1. The number of thiophene rings is 2. The van der Waals surface area contributed by atoms with Gasteiger partial charge in [-0.1, -0.05) is 6.92 Å². The van der Waals surface area contributed by atoms with E-state index in [0.717, 1.165) is 35.5 Å². The SMILES string of the molecule is CCCNc1nc(NCc2ccsc2)c2ccsc2n1. The molecule has 3 rings (SSSR count). The van der Waals surface area contributed by atoms with E-state index >= 15 is 0 Å². The van der Waals surface area contributed by atoms with Crippen LogP contribution in [-0.4, -0.2) is 16.5 Å². The second-order valence-electron chi connectivity index (χ2n) is 4.45. The summed E-state index contributed by atoms with van der Waals surface area (Å²) < 4.78 is 0. The first-order chi connectivity index (χ1) is 9.86. The standard InChI is InChI=1S/C14H16N4S2/c1-2-5-15-14-17-12(11-4-7-20-13(11)18-14)16-8-10-3-6-19-9-10/h3-4,6-7,9H,2,5,8H2,1H3,(H2,15,16,17,18). The van der Waals surface area contributed by atoms with E-state index in [2.05, 4.69) is 55.8 Å². The number of anilines is 2. The molecule has 0 amide bonds. The summed E-state index contributed by atoms with van der Waals surface area (Å²) >= 11 is 3.35. The molecule has 0 aromatic carbocycles. The smallest absolute Gasteiger partial charge is 0.226 e. The lowest BCUT2D eigenvalue weighted by atomic mass is 10.3. The third kappa shape index (κ3) is 2.91. The lowest BCUT2D eigenvalue weighted by Gasteiger charge is -2.09. The van der Waals surface area contributed by atoms with E-state index in [9.17, 15) is 0 Å². The summed E-state index contributed by atoms with van der Waals surface area (Å²) in [5.74, 6) is 1.61. The van der Waals surface area contributed by atoms with E-state index in [1.165, 1.54) is 5.56 Å². The van der Waals surface area contributed by atoms with E-state index in [-0.39, 0.29) is 0 Å². The average molecular weight is 304 g/mol. The maximum atomic E-state index is 4.59. The highest BCUT2D eigenvalue weighted by Crippen LogP contribution is 2.26. The van der Waals surface area contributed by atoms with Crippen LogP contribution in [0.3, 0.4) is 0 Å². The second kappa shape index (κ2) is 6.19. The molecule has 0 aliphatic carbocycles. The molecule has 0 saturated carbocycles. The summed E-state index contributed by atoms with van der Waals surface area (Å²) in [6.07, 6.45) is 1.06. The van der Waals surface area contributed by atoms with Gasteiger partial charge in [-0.3, -0.25) is 0 Å². The maximum Gasteiger partial charge on any atom is 0.226 e. The highest BCUT2D eigenvalue weighted by molar-refractivity contribution is 7.16. The summed E-state index contributed by atoms with van der Waals surface area (Å²) in [6, 6.07) is 4.19. The van der Waals surface area contributed by atoms with E-state index in [0.29, 0.717) is 5.95 Å². The Balaban J connectivity index is 1.85. The normalized spacial score (nSPS) is 10.8. The van der Waals surface area contributed by atoms with Crippen molar-refractivity contribution in [3.63, 3.8) is 0 Å². The van der Waals surface area contributed by atoms with E-state index in [1.807, 2.05) is 0 Å². The molecule has 0 unspecified atom stereocenters. The van der Waals surface area contributed by atoms with Gasteiger partial charge in [0.15, 0.2) is 0 Å². The molecule has 0 spiro atoms. The van der Waals surface area contributed by atoms with Crippen LogP contribution < -0.4 is 10.6 Å². The van der Waals surface area contributed by atoms with E-state index < -0.39 is 0 Å². The van der Waals surface area contributed by atoms with Crippen molar-refractivity contribution in [2.45, 2.75) is 19.9 Å². The summed E-state index contributed by atoms with van der Waals surface area (Å²) in [6.45, 7) is 3.81. The molecular weight excluding hydrogens is 288 g/mol. The van der Waals surface area contributed by atoms with Gasteiger partial charge in [0.1, 0.15) is 10.6 Å². The topological polar surface area (TPSA) is 49.8 Å². The third-order valence-electron chi connectivity index (χ3n) is 2.90. The number of fused-ring (bicyclic) bond motifs is 1. The van der Waals surface area contributed by atoms with Gasteiger partial charge in [-0.05, 0) is 40.3 Å². The number of hydrogen-bond donors (Lipinski definition) is 2. The molecule has 0 aliphatic rings. The molecule has 2 N–H and O–H groups in total. The van der Waals surface area contributed by atoms with Gasteiger partial charge in [0, 0.05) is 13.1 Å². The lowest BCUT2D eigenvalue weighted by molar-refractivity contribution is 0.956. The Morgan fingerprint density at radius 1 is 1.15 bits per heavy atom. The van der Waals surface area contributed by atoms with Crippen LogP contribution in [0.5, 0.6) is 0 Å². The number of aromatic nitrogens is 2. The number of nitrogens with one attached hydrogen (secondary N) is 2. The molecule has 20 heavy (non-hydrogen) atoms. The third-order valence-corrected chi connectivity index (χ3v) is 4.44. The van der Waals surface area contributed by atoms with Crippen molar-refractivity contribution in [2.75, 3.05) is 17.2 Å². The van der Waals surface area contributed by atoms with Crippen LogP contribution >= 0.6 is 22.7 Å². The van der Waals surface area contributed by atoms with Crippen molar-refractivity contribution >= 4 is 44.7 Å². The molecule has 6 heteroatoms. The quantitative estimate of drug-likeness (QED) is 0.717. The summed E-state index contributed by atoms with van der Waals surface area (Å²) in [5.41, 5.74) is 1.28. The first-order valence-electron chi connectivity index (χ1n) is 6.61. The first kappa shape index (κ1) is 13.3. The van der Waals surface area contributed by atoms with Crippen LogP contribution in [0.25, 0.3) is 10.2 Å². The molecule has 3 aromatic heterocycles. The van der Waals surface area contributed by atoms with Gasteiger partial charge < -0.3 is 10.6 Å². The van der Waals surface area contributed by atoms with Crippen LogP contribution in [0.1, 0.15) is 18.9 Å². The molecule has 0 bridgehead atoms. The Labute approximate surface area is 125 Å². The average Bonchev–Trinajstić information content (AvgIpc) is 3.13. The molecule has 0 aliphatic heterocycles. The van der Waals surface area contributed by atoms with Gasteiger partial charge in [-0.15, -0.1) is 11.3 Å². The van der Waals surface area contributed by atoms with Gasteiger partial charge in [-0.25, -0.2) is 4.98 Å². The van der Waals surface area contributed by atoms with E-state index in [1.54, 1.807) is 22.7 Å². The van der Waals surface area contributed by atoms with Crippen LogP contribution in [0, 0.1) is 0 Å². The fourth-order valence-corrected chi connectivity index (χ4v) is 3.32. The monoisotopic (exact) mass is 304 g/mol. The summed E-state index contributed by atoms with van der Waals surface area (Å²) in [4.78, 5) is 10.1. The van der Waals surface area contributed by atoms with Crippen LogP contribution in [0.4, 0.5) is 11.8 Å². The molecule has 0 atom stereocenters. The molecule has 4 nitrogen and oxygen atoms in total. The van der Waals surface area contributed by atoms with Crippen molar-refractivity contribution in [1.82, 2.24) is 9.97 Å². The van der Waals surface area contributed by atoms with Crippen molar-refractivity contribution in [3.8, 4) is 0 Å². The second-order valence-corrected chi connectivity index (χ2v) is 6.12. The Hall–Kier alpha value is -1.66. The zero-order valence-corrected chi connectivity index (χ0v) is 12.9. The zero-order chi connectivity index (χ0) is 13.8. The largest absolute Gasteiger partial charge is 0.365 e. The lowest BCUT2D eigenvalue weighted by Crippen LogP contribution is -2.07. The molecular formula is C14H16N4S2. The Morgan fingerprint density at radius 3 is 2.90 bits per heavy atom. The molecule has 0 radical (unpaired) electrons. The van der Waals surface area contributed by atoms with E-state index in [4.69, 9.17) is 0 Å². The highest BCUT2D eigenvalue weighted by atomic mass is 32.1. The van der Waals surface area contributed by atoms with Gasteiger partial charge in [0.2, 0.25) is 5.95 Å². The Morgan fingerprint density at radius 2 is 2.10 bits per heavy atom. The van der Waals surface area contributed by atoms with Gasteiger partial charge >= 0.3 is 0 Å². The predicted octanol–water partition coefficient (Wildman–Crippen LogP) is 4.19. The van der Waals surface area contributed by atoms with Crippen molar-refractivity contribution < 1.29 is 0 Å². The fraction of sp³-hybridized carbons (Fsp3) is 0.286. The number of nitrogens with zero attached hydrogens (tertiary/aromatic N) is 2. The first-order valence-corrected chi connectivity index (χ1v) is 8.43. The maximum absolute atomic E-state index is 4.59. The van der Waals surface area contributed by atoms with Crippen molar-refractivity contribution in [1.29, 1.82) is 0 Å². The van der Waals surface area contributed by atoms with Gasteiger partial charge in [-0.2, -0.15) is 16.3 Å². The minimum Gasteiger partial charge on any atom is -0.365 e. The van der Waals surface area contributed by atoms with Crippen molar-refractivity contribution in [3.05, 3.63) is 33.8 Å². The highest BCUT2D eigenvalue weighted by Gasteiger charge is 2.08. The van der Waals surface area contributed by atoms with Gasteiger partial charge in [0.25, 0.3) is 0 Å². The predicted molar refractivity (Wildman–Crippen MR) is 87.8 cm³/mol. The van der Waals surface area contributed by atoms with Gasteiger partial charge in [0.05, 0.1) is 5.39 Å². The molecule has 104 valence electrons. The molecule has 0 fully saturated rings. The Kier molecular flexibility index (Phi) is 4.13. The van der Waals surface area contributed by atoms with Crippen LogP contribution in [0.15, 0.2) is 28.3 Å². The zero-order valence-electron chi connectivity index (χ0n) is 11.2. The molecule has 0 saturated heterocycles. The Bertz CT molecular complexity index is 676. The minimum atomic E-state index is 0.703.